The fourth-order valence-corrected chi connectivity index (χ4v) is 2.91. The molecule has 0 atom stereocenters. The Labute approximate surface area is 145 Å². The summed E-state index contributed by atoms with van der Waals surface area (Å²) in [6, 6.07) is 14.8. The van der Waals surface area contributed by atoms with Crippen LogP contribution in [0.25, 0.3) is 6.08 Å². The Morgan fingerprint density at radius 2 is 1.96 bits per heavy atom. The Bertz CT molecular complexity index is 787. The van der Waals surface area contributed by atoms with Crippen molar-refractivity contribution in [1.82, 2.24) is 0 Å². The molecule has 2 amide bonds. The summed E-state index contributed by atoms with van der Waals surface area (Å²) in [6.07, 6.45) is 4.62. The average Bonchev–Trinajstić information content (AvgIpc) is 3.00. The molecule has 0 aliphatic carbocycles. The fraction of sp³-hybridized carbons (Fsp3) is 0.158. The second-order valence-corrected chi connectivity index (χ2v) is 5.96. The predicted octanol–water partition coefficient (Wildman–Crippen LogP) is 4.12. The number of nitrogens with zero attached hydrogens (tertiary/aromatic N) is 1. The van der Waals surface area contributed by atoms with Crippen LogP contribution in [-0.4, -0.2) is 18.4 Å². The summed E-state index contributed by atoms with van der Waals surface area (Å²) in [7, 11) is 0. The van der Waals surface area contributed by atoms with Gasteiger partial charge in [-0.05, 0) is 36.3 Å². The predicted molar refractivity (Wildman–Crippen MR) is 97.1 cm³/mol. The van der Waals surface area contributed by atoms with Crippen molar-refractivity contribution >= 4 is 40.9 Å². The van der Waals surface area contributed by atoms with E-state index in [0.717, 1.165) is 12.0 Å². The molecule has 1 saturated heterocycles. The first kappa shape index (κ1) is 16.3. The van der Waals surface area contributed by atoms with E-state index in [9.17, 15) is 9.59 Å². The van der Waals surface area contributed by atoms with Crippen LogP contribution in [0.3, 0.4) is 0 Å². The molecule has 0 radical (unpaired) electrons. The minimum absolute atomic E-state index is 0.0829. The molecule has 3 rings (SSSR count). The summed E-state index contributed by atoms with van der Waals surface area (Å²) in [5, 5.41) is 3.22. The topological polar surface area (TPSA) is 49.4 Å². The van der Waals surface area contributed by atoms with E-state index in [-0.39, 0.29) is 11.8 Å². The van der Waals surface area contributed by atoms with Crippen LogP contribution in [0.4, 0.5) is 11.4 Å². The van der Waals surface area contributed by atoms with Crippen LogP contribution in [0.15, 0.2) is 54.6 Å². The van der Waals surface area contributed by atoms with Gasteiger partial charge in [0.15, 0.2) is 0 Å². The molecule has 122 valence electrons. The smallest absolute Gasteiger partial charge is 0.248 e. The third-order valence-corrected chi connectivity index (χ3v) is 4.11. The number of halogens is 1. The van der Waals surface area contributed by atoms with E-state index < -0.39 is 0 Å². The van der Waals surface area contributed by atoms with E-state index in [1.807, 2.05) is 30.3 Å². The molecule has 2 aromatic rings. The molecule has 1 aliphatic rings. The van der Waals surface area contributed by atoms with Crippen molar-refractivity contribution in [3.05, 3.63) is 65.2 Å². The van der Waals surface area contributed by atoms with E-state index in [1.165, 1.54) is 6.08 Å². The van der Waals surface area contributed by atoms with Crippen molar-refractivity contribution in [2.45, 2.75) is 12.8 Å². The largest absolute Gasteiger partial charge is 0.322 e. The zero-order valence-corrected chi connectivity index (χ0v) is 13.8. The van der Waals surface area contributed by atoms with E-state index in [0.29, 0.717) is 29.4 Å². The van der Waals surface area contributed by atoms with Gasteiger partial charge < -0.3 is 10.2 Å². The van der Waals surface area contributed by atoms with Crippen LogP contribution in [0.1, 0.15) is 18.4 Å². The van der Waals surface area contributed by atoms with Crippen molar-refractivity contribution in [3.8, 4) is 0 Å². The number of amides is 2. The molecule has 1 N–H and O–H groups in total. The lowest BCUT2D eigenvalue weighted by Crippen LogP contribution is -2.24. The Balaban J connectivity index is 1.67. The van der Waals surface area contributed by atoms with Gasteiger partial charge in [0, 0.05) is 24.7 Å². The van der Waals surface area contributed by atoms with Crippen molar-refractivity contribution in [3.63, 3.8) is 0 Å². The quantitative estimate of drug-likeness (QED) is 0.851. The van der Waals surface area contributed by atoms with Crippen molar-refractivity contribution in [2.75, 3.05) is 16.8 Å². The zero-order valence-electron chi connectivity index (χ0n) is 13.0. The van der Waals surface area contributed by atoms with Gasteiger partial charge in [0.25, 0.3) is 0 Å². The summed E-state index contributed by atoms with van der Waals surface area (Å²) in [4.78, 5) is 25.5. The lowest BCUT2D eigenvalue weighted by atomic mass is 10.2. The molecule has 0 spiro atoms. The average molecular weight is 341 g/mol. The fourth-order valence-electron chi connectivity index (χ4n) is 2.63. The zero-order chi connectivity index (χ0) is 16.9. The van der Waals surface area contributed by atoms with Gasteiger partial charge >= 0.3 is 0 Å². The first-order chi connectivity index (χ1) is 11.6. The highest BCUT2D eigenvalue weighted by Gasteiger charge is 2.23. The number of hydrogen-bond donors (Lipinski definition) is 1. The van der Waals surface area contributed by atoms with Gasteiger partial charge in [-0.2, -0.15) is 0 Å². The lowest BCUT2D eigenvalue weighted by molar-refractivity contribution is -0.117. The summed E-state index contributed by atoms with van der Waals surface area (Å²) in [6.45, 7) is 0.685. The first-order valence-corrected chi connectivity index (χ1v) is 8.15. The molecule has 4 nitrogen and oxygen atoms in total. The highest BCUT2D eigenvalue weighted by Crippen LogP contribution is 2.31. The molecule has 5 heteroatoms. The number of rotatable bonds is 4. The van der Waals surface area contributed by atoms with Gasteiger partial charge in [0.05, 0.1) is 10.7 Å². The number of anilines is 2. The van der Waals surface area contributed by atoms with Crippen molar-refractivity contribution < 1.29 is 9.59 Å². The highest BCUT2D eigenvalue weighted by atomic mass is 35.5. The van der Waals surface area contributed by atoms with Crippen LogP contribution >= 0.6 is 11.6 Å². The minimum atomic E-state index is -0.236. The van der Waals surface area contributed by atoms with Gasteiger partial charge in [-0.25, -0.2) is 0 Å². The van der Waals surface area contributed by atoms with E-state index in [4.69, 9.17) is 11.6 Å². The molecule has 2 aromatic carbocycles. The summed E-state index contributed by atoms with van der Waals surface area (Å²) < 4.78 is 0. The van der Waals surface area contributed by atoms with Gasteiger partial charge in [0.1, 0.15) is 0 Å². The maximum atomic E-state index is 12.0. The monoisotopic (exact) mass is 340 g/mol. The maximum absolute atomic E-state index is 12.0. The normalized spacial score (nSPS) is 14.4. The molecule has 0 bridgehead atoms. The van der Waals surface area contributed by atoms with E-state index in [2.05, 4.69) is 5.32 Å². The highest BCUT2D eigenvalue weighted by molar-refractivity contribution is 6.34. The number of benzene rings is 2. The van der Waals surface area contributed by atoms with E-state index in [1.54, 1.807) is 29.2 Å². The number of hydrogen-bond acceptors (Lipinski definition) is 2. The second-order valence-electron chi connectivity index (χ2n) is 5.55. The molecule has 24 heavy (non-hydrogen) atoms. The molecule has 0 aromatic heterocycles. The number of nitrogens with one attached hydrogen (secondary N) is 1. The molecular weight excluding hydrogens is 324 g/mol. The van der Waals surface area contributed by atoms with Crippen LogP contribution in [0.5, 0.6) is 0 Å². The molecule has 0 saturated carbocycles. The van der Waals surface area contributed by atoms with Gasteiger partial charge in [0.2, 0.25) is 11.8 Å². The lowest BCUT2D eigenvalue weighted by Gasteiger charge is -2.17. The molecule has 1 fully saturated rings. The summed E-state index contributed by atoms with van der Waals surface area (Å²) >= 11 is 6.27. The van der Waals surface area contributed by atoms with Crippen LogP contribution in [0, 0.1) is 0 Å². The molecular formula is C19H17ClN2O2. The Morgan fingerprint density at radius 3 is 2.62 bits per heavy atom. The maximum Gasteiger partial charge on any atom is 0.248 e. The van der Waals surface area contributed by atoms with E-state index >= 15 is 0 Å². The van der Waals surface area contributed by atoms with Gasteiger partial charge in [-0.3, -0.25) is 9.59 Å². The second kappa shape index (κ2) is 7.32. The van der Waals surface area contributed by atoms with Crippen LogP contribution < -0.4 is 10.2 Å². The molecule has 0 unspecified atom stereocenters. The van der Waals surface area contributed by atoms with Gasteiger partial charge in [-0.1, -0.05) is 41.9 Å². The Hall–Kier alpha value is -2.59. The third-order valence-electron chi connectivity index (χ3n) is 3.81. The SMILES string of the molecule is O=C(/C=C/c1ccccc1)Nc1ccc(N2CCCC2=O)c(Cl)c1. The van der Waals surface area contributed by atoms with Crippen molar-refractivity contribution in [1.29, 1.82) is 0 Å². The Kier molecular flexibility index (Phi) is 4.96. The first-order valence-electron chi connectivity index (χ1n) is 7.77. The third kappa shape index (κ3) is 3.84. The summed E-state index contributed by atoms with van der Waals surface area (Å²) in [5.41, 5.74) is 2.24. The minimum Gasteiger partial charge on any atom is -0.322 e. The van der Waals surface area contributed by atoms with Gasteiger partial charge in [-0.15, -0.1) is 0 Å². The van der Waals surface area contributed by atoms with Crippen molar-refractivity contribution in [2.24, 2.45) is 0 Å². The standard InChI is InChI=1S/C19H17ClN2O2/c20-16-13-15(9-10-17(16)22-12-4-7-19(22)24)21-18(23)11-8-14-5-2-1-3-6-14/h1-3,5-6,8-11,13H,4,7,12H2,(H,21,23)/b11-8+. The number of carbonyl (C=O) groups excluding carboxylic acids is 2. The van der Waals surface area contributed by atoms with Crippen LogP contribution in [-0.2, 0) is 9.59 Å². The summed E-state index contributed by atoms with van der Waals surface area (Å²) in [5.74, 6) is -0.153. The number of carbonyl (C=O) groups is 2. The van der Waals surface area contributed by atoms with Crippen LogP contribution in [0.2, 0.25) is 5.02 Å². The molecule has 1 aliphatic heterocycles. The Morgan fingerprint density at radius 1 is 1.17 bits per heavy atom. The molecule has 1 heterocycles.